The lowest BCUT2D eigenvalue weighted by atomic mass is 10.0. The first-order chi connectivity index (χ1) is 9.63. The van der Waals surface area contributed by atoms with Crippen LogP contribution in [-0.4, -0.2) is 17.1 Å². The third kappa shape index (κ3) is 3.53. The summed E-state index contributed by atoms with van der Waals surface area (Å²) >= 11 is 3.55. The maximum absolute atomic E-state index is 5.67. The first-order valence-electron chi connectivity index (χ1n) is 6.22. The Hall–Kier alpha value is -1.50. The number of rotatable bonds is 5. The van der Waals surface area contributed by atoms with Crippen LogP contribution in [-0.2, 0) is 6.42 Å². The fourth-order valence-corrected chi connectivity index (χ4v) is 2.38. The molecule has 0 saturated carbocycles. The maximum atomic E-state index is 5.67. The van der Waals surface area contributed by atoms with Gasteiger partial charge in [-0.25, -0.2) is 9.97 Å². The summed E-state index contributed by atoms with van der Waals surface area (Å²) in [5, 5.41) is 0. The van der Waals surface area contributed by atoms with Crippen LogP contribution in [0.4, 0.5) is 0 Å². The first kappa shape index (κ1) is 14.9. The van der Waals surface area contributed by atoms with Gasteiger partial charge < -0.3 is 4.74 Å². The number of hydrogen-bond donors (Lipinski definition) is 2. The number of nitrogens with two attached hydrogens (primary N) is 1. The number of hydrogen-bond acceptors (Lipinski definition) is 5. The van der Waals surface area contributed by atoms with Crippen molar-refractivity contribution < 1.29 is 4.74 Å². The lowest BCUT2D eigenvalue weighted by molar-refractivity contribution is 0.413. The van der Waals surface area contributed by atoms with Crippen LogP contribution in [0, 0.1) is 6.92 Å². The molecule has 0 radical (unpaired) electrons. The molecule has 1 unspecified atom stereocenters. The van der Waals surface area contributed by atoms with Gasteiger partial charge in [0.2, 0.25) is 0 Å². The molecule has 1 heterocycles. The number of nitrogens with one attached hydrogen (secondary N) is 1. The van der Waals surface area contributed by atoms with Crippen molar-refractivity contribution in [2.75, 3.05) is 7.11 Å². The van der Waals surface area contributed by atoms with E-state index in [1.807, 2.05) is 31.2 Å². The Bertz CT molecular complexity index is 591. The molecule has 1 aromatic heterocycles. The second-order valence-corrected chi connectivity index (χ2v) is 5.26. The molecule has 0 spiro atoms. The van der Waals surface area contributed by atoms with E-state index >= 15 is 0 Å². The third-order valence-electron chi connectivity index (χ3n) is 3.03. The highest BCUT2D eigenvalue weighted by atomic mass is 79.9. The van der Waals surface area contributed by atoms with Crippen LogP contribution in [0.5, 0.6) is 5.75 Å². The van der Waals surface area contributed by atoms with Gasteiger partial charge in [-0.2, -0.15) is 0 Å². The highest BCUT2D eigenvalue weighted by Crippen LogP contribution is 2.26. The molecule has 0 aliphatic heterocycles. The van der Waals surface area contributed by atoms with Gasteiger partial charge >= 0.3 is 0 Å². The van der Waals surface area contributed by atoms with Gasteiger partial charge in [0, 0.05) is 10.7 Å². The average Bonchev–Trinajstić information content (AvgIpc) is 2.46. The number of hydrazine groups is 1. The van der Waals surface area contributed by atoms with Crippen LogP contribution in [0.15, 0.2) is 34.9 Å². The molecule has 6 heteroatoms. The van der Waals surface area contributed by atoms with E-state index < -0.39 is 0 Å². The number of nitrogens with zero attached hydrogens (tertiary/aromatic N) is 2. The van der Waals surface area contributed by atoms with Gasteiger partial charge in [-0.15, -0.1) is 0 Å². The largest absolute Gasteiger partial charge is 0.497 e. The summed E-state index contributed by atoms with van der Waals surface area (Å²) in [6, 6.07) is 7.65. The van der Waals surface area contributed by atoms with Crippen LogP contribution in [0.2, 0.25) is 0 Å². The molecule has 0 aliphatic carbocycles. The molecular formula is C14H17BrN4O. The Morgan fingerprint density at radius 2 is 2.20 bits per heavy atom. The van der Waals surface area contributed by atoms with E-state index in [-0.39, 0.29) is 6.04 Å². The third-order valence-corrected chi connectivity index (χ3v) is 3.81. The molecule has 0 fully saturated rings. The summed E-state index contributed by atoms with van der Waals surface area (Å²) in [6.45, 7) is 1.86. The molecule has 1 aromatic carbocycles. The molecule has 0 amide bonds. The summed E-state index contributed by atoms with van der Waals surface area (Å²) in [5.41, 5.74) is 4.78. The standard InChI is InChI=1S/C14H17BrN4O/c1-9-17-6-5-13(18-9)14(19-16)8-10-7-11(20-2)3-4-12(10)15/h3-7,14,19H,8,16H2,1-2H3. The molecular weight excluding hydrogens is 320 g/mol. The summed E-state index contributed by atoms with van der Waals surface area (Å²) in [5.74, 6) is 7.21. The minimum Gasteiger partial charge on any atom is -0.497 e. The van der Waals surface area contributed by atoms with Crippen LogP contribution in [0.25, 0.3) is 0 Å². The van der Waals surface area contributed by atoms with Crippen molar-refractivity contribution in [3.05, 3.63) is 52.0 Å². The Morgan fingerprint density at radius 3 is 2.85 bits per heavy atom. The Kier molecular flexibility index (Phi) is 5.05. The van der Waals surface area contributed by atoms with Crippen LogP contribution >= 0.6 is 15.9 Å². The van der Waals surface area contributed by atoms with Gasteiger partial charge in [-0.3, -0.25) is 11.3 Å². The quantitative estimate of drug-likeness (QED) is 0.647. The van der Waals surface area contributed by atoms with Gasteiger partial charge in [-0.05, 0) is 43.2 Å². The van der Waals surface area contributed by atoms with E-state index in [1.54, 1.807) is 13.3 Å². The van der Waals surface area contributed by atoms with Gasteiger partial charge in [0.25, 0.3) is 0 Å². The van der Waals surface area contributed by atoms with Gasteiger partial charge in [-0.1, -0.05) is 15.9 Å². The molecule has 3 N–H and O–H groups in total. The predicted octanol–water partition coefficient (Wildman–Crippen LogP) is 2.30. The molecule has 0 saturated heterocycles. The van der Waals surface area contributed by atoms with Crippen molar-refractivity contribution in [2.45, 2.75) is 19.4 Å². The fraction of sp³-hybridized carbons (Fsp3) is 0.286. The zero-order valence-electron chi connectivity index (χ0n) is 11.4. The smallest absolute Gasteiger partial charge is 0.125 e. The van der Waals surface area contributed by atoms with E-state index in [2.05, 4.69) is 31.3 Å². The number of aryl methyl sites for hydroxylation is 1. The van der Waals surface area contributed by atoms with Crippen molar-refractivity contribution in [3.8, 4) is 5.75 Å². The highest BCUT2D eigenvalue weighted by Gasteiger charge is 2.14. The van der Waals surface area contributed by atoms with Crippen molar-refractivity contribution in [2.24, 2.45) is 5.84 Å². The van der Waals surface area contributed by atoms with E-state index in [4.69, 9.17) is 10.6 Å². The molecule has 20 heavy (non-hydrogen) atoms. The number of aromatic nitrogens is 2. The zero-order valence-corrected chi connectivity index (χ0v) is 13.0. The van der Waals surface area contributed by atoms with Gasteiger partial charge in [0.05, 0.1) is 18.8 Å². The number of benzene rings is 1. The van der Waals surface area contributed by atoms with Crippen LogP contribution in [0.3, 0.4) is 0 Å². The SMILES string of the molecule is COc1ccc(Br)c(CC(NN)c2ccnc(C)n2)c1. The minimum atomic E-state index is -0.0832. The van der Waals surface area contributed by atoms with Crippen LogP contribution in [0.1, 0.15) is 23.1 Å². The molecule has 2 rings (SSSR count). The van der Waals surface area contributed by atoms with Crippen molar-refractivity contribution in [1.29, 1.82) is 0 Å². The Morgan fingerprint density at radius 1 is 1.40 bits per heavy atom. The Balaban J connectivity index is 2.26. The second kappa shape index (κ2) is 6.78. The maximum Gasteiger partial charge on any atom is 0.125 e. The summed E-state index contributed by atoms with van der Waals surface area (Å²) in [6.07, 6.45) is 2.44. The molecule has 2 aromatic rings. The second-order valence-electron chi connectivity index (χ2n) is 4.41. The van der Waals surface area contributed by atoms with E-state index in [0.717, 1.165) is 27.3 Å². The van der Waals surface area contributed by atoms with E-state index in [0.29, 0.717) is 6.42 Å². The molecule has 1 atom stereocenters. The van der Waals surface area contributed by atoms with Crippen molar-refractivity contribution >= 4 is 15.9 Å². The summed E-state index contributed by atoms with van der Waals surface area (Å²) in [4.78, 5) is 8.51. The predicted molar refractivity (Wildman–Crippen MR) is 81.2 cm³/mol. The van der Waals surface area contributed by atoms with Crippen molar-refractivity contribution in [1.82, 2.24) is 15.4 Å². The highest BCUT2D eigenvalue weighted by molar-refractivity contribution is 9.10. The summed E-state index contributed by atoms with van der Waals surface area (Å²) in [7, 11) is 1.65. The molecule has 0 bridgehead atoms. The molecule has 0 aliphatic rings. The van der Waals surface area contributed by atoms with Crippen molar-refractivity contribution in [3.63, 3.8) is 0 Å². The average molecular weight is 337 g/mol. The monoisotopic (exact) mass is 336 g/mol. The number of methoxy groups -OCH3 is 1. The normalized spacial score (nSPS) is 12.2. The first-order valence-corrected chi connectivity index (χ1v) is 7.01. The topological polar surface area (TPSA) is 73.1 Å². The van der Waals surface area contributed by atoms with E-state index in [9.17, 15) is 0 Å². The fourth-order valence-electron chi connectivity index (χ4n) is 1.97. The number of halogens is 1. The lowest BCUT2D eigenvalue weighted by Gasteiger charge is -2.17. The van der Waals surface area contributed by atoms with Crippen LogP contribution < -0.4 is 16.0 Å². The number of ether oxygens (including phenoxy) is 1. The van der Waals surface area contributed by atoms with E-state index in [1.165, 1.54) is 0 Å². The molecule has 5 nitrogen and oxygen atoms in total. The van der Waals surface area contributed by atoms with Gasteiger partial charge in [0.15, 0.2) is 0 Å². The minimum absolute atomic E-state index is 0.0832. The molecule has 106 valence electrons. The zero-order chi connectivity index (χ0) is 14.5. The lowest BCUT2D eigenvalue weighted by Crippen LogP contribution is -2.30. The summed E-state index contributed by atoms with van der Waals surface area (Å²) < 4.78 is 6.27. The Labute approximate surface area is 126 Å². The van der Waals surface area contributed by atoms with Gasteiger partial charge in [0.1, 0.15) is 11.6 Å².